The van der Waals surface area contributed by atoms with Crippen LogP contribution in [0.2, 0.25) is 0 Å². The van der Waals surface area contributed by atoms with Crippen molar-refractivity contribution in [3.8, 4) is 0 Å². The van der Waals surface area contributed by atoms with Gasteiger partial charge in [0.15, 0.2) is 0 Å². The average molecular weight is 198 g/mol. The number of piperidine rings is 1. The first-order chi connectivity index (χ1) is 6.49. The van der Waals surface area contributed by atoms with E-state index < -0.39 is 0 Å². The van der Waals surface area contributed by atoms with Gasteiger partial charge in [0.2, 0.25) is 5.91 Å². The minimum Gasteiger partial charge on any atom is -0.352 e. The van der Waals surface area contributed by atoms with Crippen molar-refractivity contribution in [1.29, 1.82) is 0 Å². The van der Waals surface area contributed by atoms with Crippen molar-refractivity contribution >= 4 is 5.91 Å². The molecular weight excluding hydrogens is 176 g/mol. The maximum atomic E-state index is 11.5. The largest absolute Gasteiger partial charge is 0.352 e. The van der Waals surface area contributed by atoms with Gasteiger partial charge in [-0.15, -0.1) is 0 Å². The number of rotatable bonds is 2. The SMILES string of the molecule is CC1CC(NC(=O)C(C)C)CN(C)C1. The highest BCUT2D eigenvalue weighted by Crippen LogP contribution is 2.15. The summed E-state index contributed by atoms with van der Waals surface area (Å²) in [6, 6.07) is 0.346. The van der Waals surface area contributed by atoms with Crippen LogP contribution in [0.3, 0.4) is 0 Å². The Bertz CT molecular complexity index is 193. The molecule has 1 N–H and O–H groups in total. The van der Waals surface area contributed by atoms with E-state index in [-0.39, 0.29) is 11.8 Å². The average Bonchev–Trinajstić information content (AvgIpc) is 2.01. The molecule has 14 heavy (non-hydrogen) atoms. The van der Waals surface area contributed by atoms with E-state index in [0.717, 1.165) is 19.5 Å². The molecular formula is C11H22N2O. The van der Waals surface area contributed by atoms with Gasteiger partial charge in [0.05, 0.1) is 0 Å². The molecule has 82 valence electrons. The van der Waals surface area contributed by atoms with Crippen LogP contribution in [0.1, 0.15) is 27.2 Å². The Morgan fingerprint density at radius 2 is 2.07 bits per heavy atom. The molecule has 0 radical (unpaired) electrons. The van der Waals surface area contributed by atoms with Gasteiger partial charge < -0.3 is 10.2 Å². The zero-order valence-electron chi connectivity index (χ0n) is 9.71. The van der Waals surface area contributed by atoms with Crippen LogP contribution in [-0.2, 0) is 4.79 Å². The lowest BCUT2D eigenvalue weighted by atomic mass is 9.96. The molecule has 1 rings (SSSR count). The van der Waals surface area contributed by atoms with Gasteiger partial charge in [-0.3, -0.25) is 4.79 Å². The quantitative estimate of drug-likeness (QED) is 0.720. The summed E-state index contributed by atoms with van der Waals surface area (Å²) in [6.07, 6.45) is 1.11. The molecule has 2 atom stereocenters. The van der Waals surface area contributed by atoms with Crippen molar-refractivity contribution in [2.75, 3.05) is 20.1 Å². The molecule has 1 aliphatic rings. The molecule has 1 saturated heterocycles. The highest BCUT2D eigenvalue weighted by Gasteiger charge is 2.24. The molecule has 3 heteroatoms. The smallest absolute Gasteiger partial charge is 0.222 e. The fraction of sp³-hybridized carbons (Fsp3) is 0.909. The number of amides is 1. The van der Waals surface area contributed by atoms with Crippen LogP contribution < -0.4 is 5.32 Å². The first-order valence-electron chi connectivity index (χ1n) is 5.48. The second kappa shape index (κ2) is 4.78. The van der Waals surface area contributed by atoms with Gasteiger partial charge in [-0.2, -0.15) is 0 Å². The Kier molecular flexibility index (Phi) is 3.93. The summed E-state index contributed by atoms with van der Waals surface area (Å²) in [6.45, 7) is 8.25. The van der Waals surface area contributed by atoms with Crippen LogP contribution in [0.15, 0.2) is 0 Å². The third kappa shape index (κ3) is 3.29. The predicted molar refractivity (Wildman–Crippen MR) is 58.0 cm³/mol. The highest BCUT2D eigenvalue weighted by molar-refractivity contribution is 5.78. The van der Waals surface area contributed by atoms with E-state index in [1.165, 1.54) is 0 Å². The van der Waals surface area contributed by atoms with Crippen molar-refractivity contribution in [3.63, 3.8) is 0 Å². The first-order valence-corrected chi connectivity index (χ1v) is 5.48. The normalized spacial score (nSPS) is 29.2. The van der Waals surface area contributed by atoms with Crippen LogP contribution in [0, 0.1) is 11.8 Å². The van der Waals surface area contributed by atoms with Crippen molar-refractivity contribution in [3.05, 3.63) is 0 Å². The van der Waals surface area contributed by atoms with Crippen LogP contribution >= 0.6 is 0 Å². The fourth-order valence-corrected chi connectivity index (χ4v) is 2.09. The van der Waals surface area contributed by atoms with Gasteiger partial charge in [-0.1, -0.05) is 20.8 Å². The minimum atomic E-state index is 0.0949. The maximum Gasteiger partial charge on any atom is 0.222 e. The van der Waals surface area contributed by atoms with E-state index in [4.69, 9.17) is 0 Å². The second-order valence-corrected chi connectivity index (χ2v) is 4.92. The van der Waals surface area contributed by atoms with E-state index in [2.05, 4.69) is 24.2 Å². The molecule has 0 spiro atoms. The van der Waals surface area contributed by atoms with E-state index in [1.54, 1.807) is 0 Å². The van der Waals surface area contributed by atoms with Gasteiger partial charge in [-0.25, -0.2) is 0 Å². The number of likely N-dealkylation sites (N-methyl/N-ethyl adjacent to an activating group) is 1. The third-order valence-corrected chi connectivity index (χ3v) is 2.71. The molecule has 1 amide bonds. The van der Waals surface area contributed by atoms with Gasteiger partial charge in [0, 0.05) is 25.0 Å². The van der Waals surface area contributed by atoms with Crippen molar-refractivity contribution in [1.82, 2.24) is 10.2 Å². The molecule has 0 aliphatic carbocycles. The molecule has 0 saturated carbocycles. The van der Waals surface area contributed by atoms with Crippen LogP contribution in [0.25, 0.3) is 0 Å². The molecule has 0 aromatic heterocycles. The lowest BCUT2D eigenvalue weighted by Gasteiger charge is -2.34. The van der Waals surface area contributed by atoms with Gasteiger partial charge in [-0.05, 0) is 19.4 Å². The second-order valence-electron chi connectivity index (χ2n) is 4.92. The minimum absolute atomic E-state index is 0.0949. The summed E-state index contributed by atoms with van der Waals surface area (Å²) in [4.78, 5) is 13.8. The zero-order valence-corrected chi connectivity index (χ0v) is 9.71. The van der Waals surface area contributed by atoms with Crippen molar-refractivity contribution < 1.29 is 4.79 Å². The van der Waals surface area contributed by atoms with Crippen molar-refractivity contribution in [2.24, 2.45) is 11.8 Å². The summed E-state index contributed by atoms with van der Waals surface area (Å²) in [5.74, 6) is 0.959. The zero-order chi connectivity index (χ0) is 10.7. The Labute approximate surface area is 86.9 Å². The Morgan fingerprint density at radius 1 is 1.43 bits per heavy atom. The maximum absolute atomic E-state index is 11.5. The molecule has 0 aromatic rings. The number of likely N-dealkylation sites (tertiary alicyclic amines) is 1. The standard InChI is InChI=1S/C11H22N2O/c1-8(2)11(14)12-10-5-9(3)6-13(4)7-10/h8-10H,5-7H2,1-4H3,(H,12,14). The Morgan fingerprint density at radius 3 is 2.57 bits per heavy atom. The number of nitrogens with zero attached hydrogens (tertiary/aromatic N) is 1. The fourth-order valence-electron chi connectivity index (χ4n) is 2.09. The van der Waals surface area contributed by atoms with E-state index in [0.29, 0.717) is 12.0 Å². The van der Waals surface area contributed by atoms with E-state index in [1.807, 2.05) is 13.8 Å². The molecule has 3 nitrogen and oxygen atoms in total. The lowest BCUT2D eigenvalue weighted by Crippen LogP contribution is -2.49. The molecule has 0 bridgehead atoms. The van der Waals surface area contributed by atoms with E-state index in [9.17, 15) is 4.79 Å². The molecule has 1 aliphatic heterocycles. The first kappa shape index (κ1) is 11.5. The summed E-state index contributed by atoms with van der Waals surface area (Å²) in [5.41, 5.74) is 0. The number of hydrogen-bond acceptors (Lipinski definition) is 2. The van der Waals surface area contributed by atoms with E-state index >= 15 is 0 Å². The molecule has 0 aromatic carbocycles. The number of carbonyl (C=O) groups excluding carboxylic acids is 1. The van der Waals surface area contributed by atoms with Gasteiger partial charge in [0.25, 0.3) is 0 Å². The summed E-state index contributed by atoms with van der Waals surface area (Å²) in [7, 11) is 2.12. The Hall–Kier alpha value is -0.570. The number of carbonyl (C=O) groups is 1. The van der Waals surface area contributed by atoms with Gasteiger partial charge in [0.1, 0.15) is 0 Å². The molecule has 1 fully saturated rings. The molecule has 1 heterocycles. The highest BCUT2D eigenvalue weighted by atomic mass is 16.1. The summed E-state index contributed by atoms with van der Waals surface area (Å²) < 4.78 is 0. The molecule has 2 unspecified atom stereocenters. The third-order valence-electron chi connectivity index (χ3n) is 2.71. The number of nitrogens with one attached hydrogen (secondary N) is 1. The predicted octanol–water partition coefficient (Wildman–Crippen LogP) is 1.10. The topological polar surface area (TPSA) is 32.3 Å². The Balaban J connectivity index is 2.40. The van der Waals surface area contributed by atoms with Crippen LogP contribution in [-0.4, -0.2) is 37.0 Å². The lowest BCUT2D eigenvalue weighted by molar-refractivity contribution is -0.125. The van der Waals surface area contributed by atoms with Crippen molar-refractivity contribution in [2.45, 2.75) is 33.2 Å². The summed E-state index contributed by atoms with van der Waals surface area (Å²) >= 11 is 0. The van der Waals surface area contributed by atoms with Crippen LogP contribution in [0.5, 0.6) is 0 Å². The summed E-state index contributed by atoms with van der Waals surface area (Å²) in [5, 5.41) is 3.10. The van der Waals surface area contributed by atoms with Crippen LogP contribution in [0.4, 0.5) is 0 Å². The number of hydrogen-bond donors (Lipinski definition) is 1. The monoisotopic (exact) mass is 198 g/mol. The van der Waals surface area contributed by atoms with Gasteiger partial charge >= 0.3 is 0 Å².